The first-order chi connectivity index (χ1) is 25.8. The number of esters is 2. The fourth-order valence-corrected chi connectivity index (χ4v) is 4.69. The van der Waals surface area contributed by atoms with Crippen molar-refractivity contribution in [1.29, 1.82) is 0 Å². The van der Waals surface area contributed by atoms with Crippen molar-refractivity contribution in [3.05, 3.63) is 0 Å². The zero-order valence-corrected chi connectivity index (χ0v) is 43.0. The summed E-state index contributed by atoms with van der Waals surface area (Å²) in [6, 6.07) is 0. The molecule has 0 aromatic carbocycles. The highest BCUT2D eigenvalue weighted by atomic mass is 32.2. The normalized spacial score (nSPS) is 12.6. The molecule has 0 aromatic rings. The smallest absolute Gasteiger partial charge is 0.311 e. The van der Waals surface area contributed by atoms with Crippen LogP contribution in [0.1, 0.15) is 191 Å². The first kappa shape index (κ1) is 63.2. The molecule has 0 atom stereocenters. The number of ether oxygens (including phenoxy) is 5. The van der Waals surface area contributed by atoms with Crippen molar-refractivity contribution >= 4 is 29.6 Å². The molecule has 0 aliphatic heterocycles. The molecule has 0 radical (unpaired) electrons. The van der Waals surface area contributed by atoms with Crippen molar-refractivity contribution in [2.45, 2.75) is 221 Å². The SMILES string of the molecule is CC(C)(C)CCCSCCCC(C)(C)C.CC(C)(C)OCC(O)COC(C)(C)C.CC(C)(C)OCCCNC(=O)C(C)(C)C.CC(OC(=O)C(C)C)OC(=O)C(C)C. The number of nitrogens with one attached hydrogen (secondary N) is 1. The molecule has 350 valence electrons. The number of thioether (sulfide) groups is 1. The number of hydrogen-bond donors (Lipinski definition) is 2. The second-order valence-corrected chi connectivity index (χ2v) is 23.2. The van der Waals surface area contributed by atoms with E-state index in [1.54, 1.807) is 27.7 Å². The van der Waals surface area contributed by atoms with E-state index in [0.29, 0.717) is 37.2 Å². The molecule has 0 spiro atoms. The van der Waals surface area contributed by atoms with Crippen LogP contribution in [0.2, 0.25) is 0 Å². The van der Waals surface area contributed by atoms with E-state index in [0.717, 1.165) is 6.42 Å². The maximum absolute atomic E-state index is 11.5. The average molecular weight is 852 g/mol. The van der Waals surface area contributed by atoms with E-state index >= 15 is 0 Å². The fourth-order valence-electron chi connectivity index (χ4n) is 3.79. The minimum Gasteiger partial charge on any atom is -0.425 e. The third-order valence-corrected chi connectivity index (χ3v) is 8.33. The molecule has 58 heavy (non-hydrogen) atoms. The highest BCUT2D eigenvalue weighted by Crippen LogP contribution is 2.24. The van der Waals surface area contributed by atoms with Gasteiger partial charge in [-0.1, -0.05) is 90.0 Å². The zero-order chi connectivity index (χ0) is 46.8. The van der Waals surface area contributed by atoms with Crippen molar-refractivity contribution in [3.63, 3.8) is 0 Å². The van der Waals surface area contributed by atoms with Crippen molar-refractivity contribution in [1.82, 2.24) is 5.32 Å². The predicted octanol–water partition coefficient (Wildman–Crippen LogP) is 11.4. The van der Waals surface area contributed by atoms with Crippen LogP contribution in [0.15, 0.2) is 0 Å². The van der Waals surface area contributed by atoms with Crippen molar-refractivity contribution in [2.75, 3.05) is 37.9 Å². The van der Waals surface area contributed by atoms with Gasteiger partial charge in [-0.05, 0) is 117 Å². The van der Waals surface area contributed by atoms with Crippen LogP contribution in [0.4, 0.5) is 0 Å². The van der Waals surface area contributed by atoms with Gasteiger partial charge in [-0.25, -0.2) is 0 Å². The Labute approximate surface area is 363 Å². The Morgan fingerprint density at radius 3 is 1.17 bits per heavy atom. The summed E-state index contributed by atoms with van der Waals surface area (Å²) < 4.78 is 26.1. The Morgan fingerprint density at radius 2 is 0.897 bits per heavy atom. The maximum Gasteiger partial charge on any atom is 0.311 e. The van der Waals surface area contributed by atoms with Gasteiger partial charge in [-0.15, -0.1) is 0 Å². The van der Waals surface area contributed by atoms with E-state index in [2.05, 4.69) is 58.6 Å². The number of aliphatic hydroxyl groups is 1. The molecule has 0 aliphatic rings. The van der Waals surface area contributed by atoms with Gasteiger partial charge in [0.2, 0.25) is 12.2 Å². The largest absolute Gasteiger partial charge is 0.425 e. The summed E-state index contributed by atoms with van der Waals surface area (Å²) in [6.45, 7) is 48.0. The lowest BCUT2D eigenvalue weighted by molar-refractivity contribution is -0.188. The molecular formula is C47H97NO9S. The topological polar surface area (TPSA) is 130 Å². The molecule has 0 heterocycles. The molecule has 0 saturated carbocycles. The summed E-state index contributed by atoms with van der Waals surface area (Å²) in [5, 5.41) is 12.4. The van der Waals surface area contributed by atoms with Crippen molar-refractivity contribution in [2.24, 2.45) is 28.1 Å². The summed E-state index contributed by atoms with van der Waals surface area (Å²) in [4.78, 5) is 33.7. The average Bonchev–Trinajstić information content (AvgIpc) is 3.00. The first-order valence-electron chi connectivity index (χ1n) is 21.6. The number of amides is 1. The summed E-state index contributed by atoms with van der Waals surface area (Å²) >= 11 is 2.13. The van der Waals surface area contributed by atoms with Crippen LogP contribution in [0.5, 0.6) is 0 Å². The fraction of sp³-hybridized carbons (Fsp3) is 0.936. The monoisotopic (exact) mass is 852 g/mol. The third-order valence-electron chi connectivity index (χ3n) is 7.18. The second kappa shape index (κ2) is 30.6. The van der Waals surface area contributed by atoms with Crippen LogP contribution in [0, 0.1) is 28.1 Å². The van der Waals surface area contributed by atoms with E-state index in [1.807, 2.05) is 83.1 Å². The molecule has 0 bridgehead atoms. The van der Waals surface area contributed by atoms with Gasteiger partial charge in [0.15, 0.2) is 0 Å². The Morgan fingerprint density at radius 1 is 0.552 bits per heavy atom. The standard InChI is InChI=1S/C14H30S.C12H25NO2.C11H24O3.C10H18O4/c1-13(2,3)9-7-11-15-12-8-10-14(4,5)6;1-11(2,3)10(14)13-8-7-9-15-12(4,5)6;1-10(2,3)13-7-9(12)8-14-11(4,5)6;1-6(2)9(11)13-8(5)14-10(12)7(3)4/h7-12H2,1-6H3;7-9H2,1-6H3,(H,13,14);9,12H,7-8H2,1-6H3;6-8H,1-5H3. The summed E-state index contributed by atoms with van der Waals surface area (Å²) in [5.41, 5.74) is 0.238. The van der Waals surface area contributed by atoms with E-state index in [-0.39, 0.29) is 51.9 Å². The molecular weight excluding hydrogens is 755 g/mol. The van der Waals surface area contributed by atoms with Gasteiger partial charge in [0.05, 0.1) is 41.9 Å². The maximum atomic E-state index is 11.5. The second-order valence-electron chi connectivity index (χ2n) is 22.0. The molecule has 11 heteroatoms. The Hall–Kier alpha value is -1.40. The highest BCUT2D eigenvalue weighted by Gasteiger charge is 2.21. The zero-order valence-electron chi connectivity index (χ0n) is 42.2. The molecule has 0 rings (SSSR count). The molecule has 10 nitrogen and oxygen atoms in total. The molecule has 2 N–H and O–H groups in total. The lowest BCUT2D eigenvalue weighted by Crippen LogP contribution is -2.35. The number of carbonyl (C=O) groups excluding carboxylic acids is 3. The van der Waals surface area contributed by atoms with Crippen LogP contribution in [-0.2, 0) is 38.1 Å². The van der Waals surface area contributed by atoms with Gasteiger partial charge in [-0.3, -0.25) is 14.4 Å². The lowest BCUT2D eigenvalue weighted by Gasteiger charge is -2.25. The Kier molecular flexibility index (Phi) is 33.4. The number of hydrogen-bond acceptors (Lipinski definition) is 10. The number of rotatable bonds is 18. The first-order valence-corrected chi connectivity index (χ1v) is 22.8. The van der Waals surface area contributed by atoms with Crippen LogP contribution < -0.4 is 5.32 Å². The van der Waals surface area contributed by atoms with Gasteiger partial charge in [0, 0.05) is 25.5 Å². The number of aliphatic hydroxyl groups excluding tert-OH is 1. The van der Waals surface area contributed by atoms with Crippen LogP contribution >= 0.6 is 11.8 Å². The molecule has 1 amide bonds. The van der Waals surface area contributed by atoms with Gasteiger partial charge < -0.3 is 34.1 Å². The number of carbonyl (C=O) groups is 3. The van der Waals surface area contributed by atoms with Gasteiger partial charge in [-0.2, -0.15) is 11.8 Å². The minimum atomic E-state index is -0.806. The predicted molar refractivity (Wildman–Crippen MR) is 246 cm³/mol. The van der Waals surface area contributed by atoms with Gasteiger partial charge in [0.1, 0.15) is 6.10 Å². The van der Waals surface area contributed by atoms with Crippen LogP contribution in [-0.4, -0.2) is 90.0 Å². The Balaban J connectivity index is -0.000000335. The summed E-state index contributed by atoms with van der Waals surface area (Å²) in [7, 11) is 0. The Bertz CT molecular complexity index is 993. The molecule has 0 saturated heterocycles. The van der Waals surface area contributed by atoms with Crippen molar-refractivity contribution in [3.8, 4) is 0 Å². The lowest BCUT2D eigenvalue weighted by atomic mass is 9.91. The van der Waals surface area contributed by atoms with E-state index in [4.69, 9.17) is 23.7 Å². The highest BCUT2D eigenvalue weighted by molar-refractivity contribution is 7.99. The summed E-state index contributed by atoms with van der Waals surface area (Å²) in [6.07, 6.45) is 4.98. The van der Waals surface area contributed by atoms with Crippen molar-refractivity contribution < 1.29 is 43.2 Å². The van der Waals surface area contributed by atoms with Crippen LogP contribution in [0.25, 0.3) is 0 Å². The third kappa shape index (κ3) is 54.6. The molecule has 0 aliphatic carbocycles. The van der Waals surface area contributed by atoms with E-state index in [9.17, 15) is 19.5 Å². The van der Waals surface area contributed by atoms with Gasteiger partial charge in [0.25, 0.3) is 0 Å². The molecule has 0 fully saturated rings. The van der Waals surface area contributed by atoms with E-state index in [1.165, 1.54) is 44.1 Å². The molecule has 0 aromatic heterocycles. The van der Waals surface area contributed by atoms with Gasteiger partial charge >= 0.3 is 11.9 Å². The molecule has 0 unspecified atom stereocenters. The quantitative estimate of drug-likeness (QED) is 0.0781. The van der Waals surface area contributed by atoms with Crippen LogP contribution in [0.3, 0.4) is 0 Å². The summed E-state index contributed by atoms with van der Waals surface area (Å²) in [5.74, 6) is 1.63. The van der Waals surface area contributed by atoms with E-state index < -0.39 is 12.4 Å². The minimum absolute atomic E-state index is 0.0892.